The molecule has 2 aromatic rings. The number of halogens is 1. The third-order valence-corrected chi connectivity index (χ3v) is 3.94. The number of benzene rings is 1. The van der Waals surface area contributed by atoms with Crippen LogP contribution in [-0.2, 0) is 6.42 Å². The maximum Gasteiger partial charge on any atom is 0.149 e. The topological polar surface area (TPSA) is 61.0 Å². The zero-order valence-corrected chi connectivity index (χ0v) is 11.7. The first kappa shape index (κ1) is 12.5. The molecule has 0 aliphatic rings. The van der Waals surface area contributed by atoms with Gasteiger partial charge in [0.15, 0.2) is 0 Å². The largest absolute Gasteiger partial charge is 0.497 e. The van der Waals surface area contributed by atoms with Crippen LogP contribution in [0.3, 0.4) is 0 Å². The molecule has 1 heterocycles. The molecule has 2 N–H and O–H groups in total. The Labute approximate surface area is 112 Å². The Morgan fingerprint density at radius 3 is 2.94 bits per heavy atom. The zero-order valence-electron chi connectivity index (χ0n) is 9.31. The second-order valence-corrected chi connectivity index (χ2v) is 5.30. The summed E-state index contributed by atoms with van der Waals surface area (Å²) in [6, 6.07) is 5.78. The molecule has 90 valence electrons. The highest BCUT2D eigenvalue weighted by Gasteiger charge is 2.10. The summed E-state index contributed by atoms with van der Waals surface area (Å²) in [6.45, 7) is 0.591. The van der Waals surface area contributed by atoms with Gasteiger partial charge in [-0.05, 0) is 24.7 Å². The Balaban J connectivity index is 2.37. The van der Waals surface area contributed by atoms with E-state index in [0.717, 1.165) is 32.2 Å². The van der Waals surface area contributed by atoms with Crippen LogP contribution >= 0.6 is 27.3 Å². The molecule has 0 saturated carbocycles. The summed E-state index contributed by atoms with van der Waals surface area (Å²) in [6.07, 6.45) is 0.763. The van der Waals surface area contributed by atoms with Crippen LogP contribution in [0.25, 0.3) is 10.6 Å². The molecular weight excluding hydrogens is 302 g/mol. The van der Waals surface area contributed by atoms with Crippen molar-refractivity contribution < 1.29 is 4.74 Å². The average molecular weight is 314 g/mol. The van der Waals surface area contributed by atoms with E-state index in [1.54, 1.807) is 18.4 Å². The smallest absolute Gasteiger partial charge is 0.149 e. The average Bonchev–Trinajstić information content (AvgIpc) is 2.79. The minimum atomic E-state index is 0.591. The van der Waals surface area contributed by atoms with Gasteiger partial charge < -0.3 is 10.5 Å². The summed E-state index contributed by atoms with van der Waals surface area (Å²) in [4.78, 5) is 0. The van der Waals surface area contributed by atoms with Crippen molar-refractivity contribution in [2.24, 2.45) is 5.73 Å². The first-order valence-corrected chi connectivity index (χ1v) is 6.72. The molecule has 6 heteroatoms. The number of aromatic nitrogens is 2. The first-order chi connectivity index (χ1) is 8.24. The van der Waals surface area contributed by atoms with Crippen molar-refractivity contribution in [3.05, 3.63) is 27.7 Å². The van der Waals surface area contributed by atoms with Gasteiger partial charge in [-0.3, -0.25) is 0 Å². The maximum atomic E-state index is 5.49. The van der Waals surface area contributed by atoms with Crippen molar-refractivity contribution in [2.45, 2.75) is 6.42 Å². The summed E-state index contributed by atoms with van der Waals surface area (Å²) >= 11 is 5.06. The molecule has 0 spiro atoms. The summed E-state index contributed by atoms with van der Waals surface area (Å²) in [5, 5.41) is 10.1. The molecule has 2 rings (SSSR count). The van der Waals surface area contributed by atoms with E-state index in [1.807, 2.05) is 18.2 Å². The van der Waals surface area contributed by atoms with Crippen LogP contribution in [0.15, 0.2) is 22.7 Å². The minimum absolute atomic E-state index is 0.591. The Morgan fingerprint density at radius 2 is 2.24 bits per heavy atom. The van der Waals surface area contributed by atoms with Crippen molar-refractivity contribution in [3.63, 3.8) is 0 Å². The first-order valence-electron chi connectivity index (χ1n) is 5.11. The third-order valence-electron chi connectivity index (χ3n) is 2.23. The van der Waals surface area contributed by atoms with Crippen molar-refractivity contribution in [2.75, 3.05) is 13.7 Å². The second-order valence-electron chi connectivity index (χ2n) is 3.39. The fourth-order valence-electron chi connectivity index (χ4n) is 1.38. The molecule has 4 nitrogen and oxygen atoms in total. The number of rotatable bonds is 4. The lowest BCUT2D eigenvalue weighted by Gasteiger charge is -2.03. The Morgan fingerprint density at radius 1 is 1.41 bits per heavy atom. The maximum absolute atomic E-state index is 5.49. The van der Waals surface area contributed by atoms with Crippen LogP contribution < -0.4 is 10.5 Å². The van der Waals surface area contributed by atoms with E-state index in [0.29, 0.717) is 6.54 Å². The van der Waals surface area contributed by atoms with Crippen LogP contribution in [0.5, 0.6) is 5.75 Å². The number of nitrogens with zero attached hydrogens (tertiary/aromatic N) is 2. The number of hydrogen-bond acceptors (Lipinski definition) is 5. The molecule has 0 amide bonds. The molecule has 0 atom stereocenters. The molecule has 0 fully saturated rings. The van der Waals surface area contributed by atoms with Gasteiger partial charge >= 0.3 is 0 Å². The van der Waals surface area contributed by atoms with Crippen LogP contribution in [0.1, 0.15) is 5.01 Å². The van der Waals surface area contributed by atoms with Gasteiger partial charge in [-0.1, -0.05) is 27.3 Å². The van der Waals surface area contributed by atoms with Gasteiger partial charge in [0.05, 0.1) is 7.11 Å². The molecule has 0 aliphatic carbocycles. The van der Waals surface area contributed by atoms with Crippen molar-refractivity contribution in [3.8, 4) is 16.3 Å². The summed E-state index contributed by atoms with van der Waals surface area (Å²) in [7, 11) is 1.65. The molecular formula is C11H12BrN3OS. The van der Waals surface area contributed by atoms with E-state index in [9.17, 15) is 0 Å². The van der Waals surface area contributed by atoms with Gasteiger partial charge in [0, 0.05) is 16.5 Å². The van der Waals surface area contributed by atoms with Gasteiger partial charge in [-0.25, -0.2) is 0 Å². The van der Waals surface area contributed by atoms with E-state index in [4.69, 9.17) is 10.5 Å². The highest BCUT2D eigenvalue weighted by Crippen LogP contribution is 2.33. The Hall–Kier alpha value is -0.980. The van der Waals surface area contributed by atoms with Gasteiger partial charge in [-0.15, -0.1) is 10.2 Å². The van der Waals surface area contributed by atoms with Crippen molar-refractivity contribution in [1.29, 1.82) is 0 Å². The lowest BCUT2D eigenvalue weighted by atomic mass is 10.2. The van der Waals surface area contributed by atoms with E-state index >= 15 is 0 Å². The monoisotopic (exact) mass is 313 g/mol. The van der Waals surface area contributed by atoms with Gasteiger partial charge in [0.2, 0.25) is 0 Å². The second kappa shape index (κ2) is 5.57. The Bertz CT molecular complexity index is 515. The van der Waals surface area contributed by atoms with Gasteiger partial charge in [0.25, 0.3) is 0 Å². The van der Waals surface area contributed by atoms with E-state index in [-0.39, 0.29) is 0 Å². The van der Waals surface area contributed by atoms with Crippen molar-refractivity contribution >= 4 is 27.3 Å². The van der Waals surface area contributed by atoms with E-state index in [2.05, 4.69) is 26.1 Å². The molecule has 0 radical (unpaired) electrons. The number of methoxy groups -OCH3 is 1. The number of ether oxygens (including phenoxy) is 1. The molecule has 0 saturated heterocycles. The summed E-state index contributed by atoms with van der Waals surface area (Å²) in [5.41, 5.74) is 6.48. The lowest BCUT2D eigenvalue weighted by Crippen LogP contribution is -2.01. The van der Waals surface area contributed by atoms with Gasteiger partial charge in [0.1, 0.15) is 15.8 Å². The molecule has 1 aromatic carbocycles. The number of nitrogens with two attached hydrogens (primary N) is 1. The number of hydrogen-bond donors (Lipinski definition) is 1. The molecule has 1 aromatic heterocycles. The molecule has 17 heavy (non-hydrogen) atoms. The summed E-state index contributed by atoms with van der Waals surface area (Å²) in [5.74, 6) is 0.804. The van der Waals surface area contributed by atoms with Crippen LogP contribution in [0.4, 0.5) is 0 Å². The molecule has 0 aliphatic heterocycles. The fourth-order valence-corrected chi connectivity index (χ4v) is 2.83. The van der Waals surface area contributed by atoms with Crippen LogP contribution in [0.2, 0.25) is 0 Å². The summed E-state index contributed by atoms with van der Waals surface area (Å²) < 4.78 is 6.18. The minimum Gasteiger partial charge on any atom is -0.497 e. The molecule has 0 bridgehead atoms. The van der Waals surface area contributed by atoms with Crippen LogP contribution in [-0.4, -0.2) is 23.9 Å². The highest BCUT2D eigenvalue weighted by atomic mass is 79.9. The SMILES string of the molecule is COc1ccc(Br)c(-c2nnc(CCN)s2)c1. The van der Waals surface area contributed by atoms with E-state index in [1.165, 1.54) is 0 Å². The van der Waals surface area contributed by atoms with Gasteiger partial charge in [-0.2, -0.15) is 0 Å². The van der Waals surface area contributed by atoms with E-state index < -0.39 is 0 Å². The lowest BCUT2D eigenvalue weighted by molar-refractivity contribution is 0.415. The molecule has 0 unspecified atom stereocenters. The Kier molecular flexibility index (Phi) is 4.09. The quantitative estimate of drug-likeness (QED) is 0.942. The standard InChI is InChI=1S/C11H12BrN3OS/c1-16-7-2-3-9(12)8(6-7)11-15-14-10(17-11)4-5-13/h2-3,6H,4-5,13H2,1H3. The normalized spacial score (nSPS) is 10.5. The van der Waals surface area contributed by atoms with Crippen molar-refractivity contribution in [1.82, 2.24) is 10.2 Å². The van der Waals surface area contributed by atoms with Crippen LogP contribution in [0, 0.1) is 0 Å². The zero-order chi connectivity index (χ0) is 12.3. The predicted molar refractivity (Wildman–Crippen MR) is 72.4 cm³/mol. The highest BCUT2D eigenvalue weighted by molar-refractivity contribution is 9.10. The third kappa shape index (κ3) is 2.83. The predicted octanol–water partition coefficient (Wildman–Crippen LogP) is 2.48. The fraction of sp³-hybridized carbons (Fsp3) is 0.273.